The Morgan fingerprint density at radius 2 is 2.18 bits per heavy atom. The van der Waals surface area contributed by atoms with E-state index in [1.54, 1.807) is 18.2 Å². The van der Waals surface area contributed by atoms with Crippen LogP contribution in [0.25, 0.3) is 0 Å². The van der Waals surface area contributed by atoms with Crippen LogP contribution in [0.1, 0.15) is 11.5 Å². The zero-order valence-electron chi connectivity index (χ0n) is 8.71. The van der Waals surface area contributed by atoms with Crippen molar-refractivity contribution in [3.8, 4) is 6.07 Å². The van der Waals surface area contributed by atoms with Gasteiger partial charge in [-0.1, -0.05) is 11.6 Å². The molecule has 86 valence electrons. The van der Waals surface area contributed by atoms with Gasteiger partial charge in [0.25, 0.3) is 0 Å². The maximum Gasteiger partial charge on any atom is 0.203 e. The highest BCUT2D eigenvalue weighted by Crippen LogP contribution is 2.19. The molecule has 0 fully saturated rings. The smallest absolute Gasteiger partial charge is 0.203 e. The zero-order valence-corrected chi connectivity index (χ0v) is 9.46. The number of nitrogens with zero attached hydrogens (tertiary/aromatic N) is 1. The predicted molar refractivity (Wildman–Crippen MR) is 62.2 cm³/mol. The molecule has 2 rings (SSSR count). The number of anilines is 1. The van der Waals surface area contributed by atoms with Crippen molar-refractivity contribution < 1.29 is 8.81 Å². The highest BCUT2D eigenvalue weighted by atomic mass is 35.5. The summed E-state index contributed by atoms with van der Waals surface area (Å²) in [6, 6.07) is 9.33. The molecular formula is C12H8ClFN2O. The van der Waals surface area contributed by atoms with Crippen molar-refractivity contribution >= 4 is 17.3 Å². The molecule has 0 spiro atoms. The number of nitrogens with one attached hydrogen (secondary N) is 1. The first-order valence-corrected chi connectivity index (χ1v) is 5.24. The van der Waals surface area contributed by atoms with Crippen LogP contribution in [-0.4, -0.2) is 0 Å². The van der Waals surface area contributed by atoms with Crippen LogP contribution >= 0.6 is 11.6 Å². The van der Waals surface area contributed by atoms with E-state index in [1.807, 2.05) is 6.07 Å². The summed E-state index contributed by atoms with van der Waals surface area (Å²) in [4.78, 5) is 0. The summed E-state index contributed by atoms with van der Waals surface area (Å²) in [7, 11) is 0. The monoisotopic (exact) mass is 250 g/mol. The van der Waals surface area contributed by atoms with E-state index in [0.29, 0.717) is 23.0 Å². The van der Waals surface area contributed by atoms with Crippen molar-refractivity contribution in [1.82, 2.24) is 0 Å². The first kappa shape index (κ1) is 11.5. The van der Waals surface area contributed by atoms with E-state index < -0.39 is 5.82 Å². The third-order valence-corrected chi connectivity index (χ3v) is 2.32. The van der Waals surface area contributed by atoms with E-state index in [-0.39, 0.29) is 5.76 Å². The standard InChI is InChI=1S/C12H8ClFN2O/c13-8-3-9(14)5-10(4-8)16-7-12-2-1-11(6-15)17-12/h1-5,16H,7H2. The van der Waals surface area contributed by atoms with E-state index in [4.69, 9.17) is 21.3 Å². The molecule has 5 heteroatoms. The van der Waals surface area contributed by atoms with E-state index in [1.165, 1.54) is 12.1 Å². The Labute approximate surface area is 102 Å². The van der Waals surface area contributed by atoms with Crippen molar-refractivity contribution in [3.05, 3.63) is 52.7 Å². The largest absolute Gasteiger partial charge is 0.449 e. The van der Waals surface area contributed by atoms with Crippen LogP contribution < -0.4 is 5.32 Å². The molecular weight excluding hydrogens is 243 g/mol. The summed E-state index contributed by atoms with van der Waals surface area (Å²) in [5.74, 6) is 0.443. The second-order valence-corrected chi connectivity index (χ2v) is 3.83. The van der Waals surface area contributed by atoms with Gasteiger partial charge >= 0.3 is 0 Å². The minimum atomic E-state index is -0.405. The lowest BCUT2D eigenvalue weighted by Gasteiger charge is -2.04. The lowest BCUT2D eigenvalue weighted by Crippen LogP contribution is -1.98. The van der Waals surface area contributed by atoms with E-state index in [0.717, 1.165) is 0 Å². The highest BCUT2D eigenvalue weighted by Gasteiger charge is 2.02. The lowest BCUT2D eigenvalue weighted by molar-refractivity contribution is 0.506. The van der Waals surface area contributed by atoms with Crippen LogP contribution in [0.5, 0.6) is 0 Å². The lowest BCUT2D eigenvalue weighted by atomic mass is 10.3. The quantitative estimate of drug-likeness (QED) is 0.906. The van der Waals surface area contributed by atoms with Crippen molar-refractivity contribution in [2.45, 2.75) is 6.54 Å². The third-order valence-electron chi connectivity index (χ3n) is 2.10. The number of nitriles is 1. The minimum Gasteiger partial charge on any atom is -0.449 e. The minimum absolute atomic E-state index is 0.249. The summed E-state index contributed by atoms with van der Waals surface area (Å²) in [6.07, 6.45) is 0. The average molecular weight is 251 g/mol. The van der Waals surface area contributed by atoms with Gasteiger partial charge in [0.2, 0.25) is 5.76 Å². The predicted octanol–water partition coefficient (Wildman–Crippen LogP) is 3.56. The van der Waals surface area contributed by atoms with Gasteiger partial charge in [-0.15, -0.1) is 0 Å². The van der Waals surface area contributed by atoms with Gasteiger partial charge in [-0.2, -0.15) is 5.26 Å². The van der Waals surface area contributed by atoms with Crippen LogP contribution in [-0.2, 0) is 6.54 Å². The van der Waals surface area contributed by atoms with Crippen LogP contribution in [0, 0.1) is 17.1 Å². The van der Waals surface area contributed by atoms with Crippen LogP contribution in [0.3, 0.4) is 0 Å². The molecule has 0 aliphatic rings. The Bertz CT molecular complexity index is 554. The fraction of sp³-hybridized carbons (Fsp3) is 0.0833. The van der Waals surface area contributed by atoms with Gasteiger partial charge in [-0.3, -0.25) is 0 Å². The Hall–Kier alpha value is -1.99. The molecule has 1 aromatic carbocycles. The first-order valence-electron chi connectivity index (χ1n) is 4.86. The second kappa shape index (κ2) is 4.89. The van der Waals surface area contributed by atoms with Gasteiger partial charge in [0, 0.05) is 10.7 Å². The molecule has 3 nitrogen and oxygen atoms in total. The second-order valence-electron chi connectivity index (χ2n) is 3.39. The summed E-state index contributed by atoms with van der Waals surface area (Å²) >= 11 is 5.71. The molecule has 0 bridgehead atoms. The average Bonchev–Trinajstić information content (AvgIpc) is 2.73. The first-order chi connectivity index (χ1) is 8.17. The molecule has 0 saturated carbocycles. The molecule has 0 aliphatic carbocycles. The normalized spacial score (nSPS) is 9.94. The van der Waals surface area contributed by atoms with E-state index in [2.05, 4.69) is 5.32 Å². The maximum atomic E-state index is 13.0. The molecule has 17 heavy (non-hydrogen) atoms. The fourth-order valence-corrected chi connectivity index (χ4v) is 1.60. The molecule has 1 heterocycles. The summed E-state index contributed by atoms with van der Waals surface area (Å²) in [5.41, 5.74) is 0.560. The Morgan fingerprint density at radius 1 is 1.35 bits per heavy atom. The summed E-state index contributed by atoms with van der Waals surface area (Å²) in [6.45, 7) is 0.363. The Morgan fingerprint density at radius 3 is 2.82 bits per heavy atom. The third kappa shape index (κ3) is 2.99. The SMILES string of the molecule is N#Cc1ccc(CNc2cc(F)cc(Cl)c2)o1. The van der Waals surface area contributed by atoms with Crippen molar-refractivity contribution in [1.29, 1.82) is 5.26 Å². The van der Waals surface area contributed by atoms with Gasteiger partial charge in [0.15, 0.2) is 0 Å². The number of benzene rings is 1. The molecule has 0 saturated heterocycles. The van der Waals surface area contributed by atoms with Gasteiger partial charge in [-0.05, 0) is 30.3 Å². The number of hydrogen-bond acceptors (Lipinski definition) is 3. The van der Waals surface area contributed by atoms with E-state index >= 15 is 0 Å². The van der Waals surface area contributed by atoms with Crippen LogP contribution in [0.4, 0.5) is 10.1 Å². The maximum absolute atomic E-state index is 13.0. The molecule has 1 aromatic heterocycles. The molecule has 0 amide bonds. The van der Waals surface area contributed by atoms with Crippen molar-refractivity contribution in [3.63, 3.8) is 0 Å². The van der Waals surface area contributed by atoms with E-state index in [9.17, 15) is 4.39 Å². The molecule has 0 atom stereocenters. The molecule has 0 radical (unpaired) electrons. The van der Waals surface area contributed by atoms with Gasteiger partial charge in [-0.25, -0.2) is 4.39 Å². The Balaban J connectivity index is 2.04. The van der Waals surface area contributed by atoms with Gasteiger partial charge in [0.1, 0.15) is 17.6 Å². The fourth-order valence-electron chi connectivity index (χ4n) is 1.38. The highest BCUT2D eigenvalue weighted by molar-refractivity contribution is 6.30. The summed E-state index contributed by atoms with van der Waals surface area (Å²) in [5, 5.41) is 11.9. The van der Waals surface area contributed by atoms with Gasteiger partial charge < -0.3 is 9.73 Å². The Kier molecular flexibility index (Phi) is 3.31. The molecule has 0 aliphatic heterocycles. The molecule has 1 N–H and O–H groups in total. The van der Waals surface area contributed by atoms with Gasteiger partial charge in [0.05, 0.1) is 6.54 Å². The van der Waals surface area contributed by atoms with Crippen molar-refractivity contribution in [2.24, 2.45) is 0 Å². The zero-order chi connectivity index (χ0) is 12.3. The topological polar surface area (TPSA) is 49.0 Å². The van der Waals surface area contributed by atoms with Crippen LogP contribution in [0.2, 0.25) is 5.02 Å². The summed E-state index contributed by atoms with van der Waals surface area (Å²) < 4.78 is 18.2. The van der Waals surface area contributed by atoms with Crippen molar-refractivity contribution in [2.75, 3.05) is 5.32 Å². The molecule has 2 aromatic rings. The molecule has 0 unspecified atom stereocenters. The number of halogens is 2. The number of hydrogen-bond donors (Lipinski definition) is 1. The van der Waals surface area contributed by atoms with Crippen LogP contribution in [0.15, 0.2) is 34.7 Å². The number of rotatable bonds is 3. The number of furan rings is 1.